The fourth-order valence-electron chi connectivity index (χ4n) is 2.39. The van der Waals surface area contributed by atoms with Crippen molar-refractivity contribution < 1.29 is 31.4 Å². The third kappa shape index (κ3) is 4.04. The lowest BCUT2D eigenvalue weighted by Gasteiger charge is -2.36. The van der Waals surface area contributed by atoms with Crippen molar-refractivity contribution in [1.82, 2.24) is 0 Å². The van der Waals surface area contributed by atoms with E-state index in [4.69, 9.17) is 5.11 Å². The second kappa shape index (κ2) is 5.04. The van der Waals surface area contributed by atoms with E-state index in [0.29, 0.717) is 0 Å². The summed E-state index contributed by atoms with van der Waals surface area (Å²) in [5.41, 5.74) is 0. The molecular weight excluding hydrogens is 250 g/mol. The molecule has 1 saturated carbocycles. The van der Waals surface area contributed by atoms with E-state index in [2.05, 4.69) is 0 Å². The third-order valence-corrected chi connectivity index (χ3v) is 3.27. The first-order valence-corrected chi connectivity index (χ1v) is 5.39. The highest BCUT2D eigenvalue weighted by molar-refractivity contribution is 4.85. The van der Waals surface area contributed by atoms with Crippen molar-refractivity contribution in [2.24, 2.45) is 17.8 Å². The predicted octanol–water partition coefficient (Wildman–Crippen LogP) is 3.53. The van der Waals surface area contributed by atoms with E-state index >= 15 is 0 Å². The lowest BCUT2D eigenvalue weighted by molar-refractivity contribution is -0.229. The molecule has 0 spiro atoms. The second-order valence-corrected chi connectivity index (χ2v) is 4.56. The SMILES string of the molecule is OCCC1CC(C(F)(F)F)CC(C(F)(F)F)C1. The minimum atomic E-state index is -4.59. The molecule has 0 aromatic carbocycles. The van der Waals surface area contributed by atoms with Gasteiger partial charge in [0.2, 0.25) is 0 Å². The van der Waals surface area contributed by atoms with Crippen LogP contribution in [0.3, 0.4) is 0 Å². The molecule has 17 heavy (non-hydrogen) atoms. The number of rotatable bonds is 2. The lowest BCUT2D eigenvalue weighted by atomic mass is 9.73. The molecule has 0 radical (unpaired) electrons. The molecule has 1 aliphatic carbocycles. The normalized spacial score (nSPS) is 31.6. The van der Waals surface area contributed by atoms with Crippen LogP contribution in [0.2, 0.25) is 0 Å². The van der Waals surface area contributed by atoms with Crippen LogP contribution < -0.4 is 0 Å². The smallest absolute Gasteiger partial charge is 0.391 e. The first-order chi connectivity index (χ1) is 7.64. The molecule has 0 amide bonds. The maximum atomic E-state index is 12.5. The van der Waals surface area contributed by atoms with Crippen molar-refractivity contribution in [2.45, 2.75) is 38.0 Å². The molecule has 1 aliphatic rings. The van der Waals surface area contributed by atoms with Gasteiger partial charge < -0.3 is 5.11 Å². The molecule has 0 bridgehead atoms. The van der Waals surface area contributed by atoms with Gasteiger partial charge in [-0.2, -0.15) is 26.3 Å². The number of halogens is 6. The molecule has 1 rings (SSSR count). The van der Waals surface area contributed by atoms with Crippen LogP contribution in [0, 0.1) is 17.8 Å². The Bertz CT molecular complexity index is 224. The van der Waals surface area contributed by atoms with E-state index in [0.717, 1.165) is 0 Å². The van der Waals surface area contributed by atoms with Crippen LogP contribution in [0.25, 0.3) is 0 Å². The number of hydrogen-bond donors (Lipinski definition) is 1. The van der Waals surface area contributed by atoms with Crippen LogP contribution in [0.1, 0.15) is 25.7 Å². The Hall–Kier alpha value is -0.460. The maximum Gasteiger partial charge on any atom is 0.391 e. The van der Waals surface area contributed by atoms with E-state index in [9.17, 15) is 26.3 Å². The third-order valence-electron chi connectivity index (χ3n) is 3.27. The Morgan fingerprint density at radius 1 is 0.824 bits per heavy atom. The summed E-state index contributed by atoms with van der Waals surface area (Å²) < 4.78 is 74.9. The van der Waals surface area contributed by atoms with Gasteiger partial charge in [-0.1, -0.05) is 0 Å². The summed E-state index contributed by atoms with van der Waals surface area (Å²) in [6.07, 6.45) is -10.7. The first kappa shape index (κ1) is 14.6. The van der Waals surface area contributed by atoms with E-state index in [1.807, 2.05) is 0 Å². The molecule has 1 N–H and O–H groups in total. The zero-order valence-electron chi connectivity index (χ0n) is 8.98. The number of alkyl halides is 6. The summed E-state index contributed by atoms with van der Waals surface area (Å²) in [6, 6.07) is 0. The Labute approximate surface area is 94.8 Å². The van der Waals surface area contributed by atoms with Crippen LogP contribution in [-0.2, 0) is 0 Å². The van der Waals surface area contributed by atoms with E-state index in [1.165, 1.54) is 0 Å². The Balaban J connectivity index is 2.76. The van der Waals surface area contributed by atoms with Gasteiger partial charge in [-0.15, -0.1) is 0 Å². The largest absolute Gasteiger partial charge is 0.396 e. The molecule has 2 atom stereocenters. The van der Waals surface area contributed by atoms with Gasteiger partial charge in [-0.05, 0) is 31.6 Å². The van der Waals surface area contributed by atoms with Crippen molar-refractivity contribution in [3.05, 3.63) is 0 Å². The summed E-state index contributed by atoms with van der Waals surface area (Å²) in [4.78, 5) is 0. The summed E-state index contributed by atoms with van der Waals surface area (Å²) in [5.74, 6) is -4.51. The highest BCUT2D eigenvalue weighted by Crippen LogP contribution is 2.48. The molecule has 0 heterocycles. The average molecular weight is 264 g/mol. The minimum absolute atomic E-state index is 0.000833. The zero-order valence-corrected chi connectivity index (χ0v) is 8.98. The molecule has 1 fully saturated rings. The van der Waals surface area contributed by atoms with Crippen LogP contribution >= 0.6 is 0 Å². The molecule has 1 nitrogen and oxygen atoms in total. The number of aliphatic hydroxyl groups is 1. The van der Waals surface area contributed by atoms with Gasteiger partial charge in [0.25, 0.3) is 0 Å². The van der Waals surface area contributed by atoms with E-state index in [-0.39, 0.29) is 25.9 Å². The highest BCUT2D eigenvalue weighted by atomic mass is 19.4. The topological polar surface area (TPSA) is 20.2 Å². The number of aliphatic hydroxyl groups excluding tert-OH is 1. The van der Waals surface area contributed by atoms with Crippen LogP contribution in [0.5, 0.6) is 0 Å². The average Bonchev–Trinajstić information content (AvgIpc) is 2.15. The van der Waals surface area contributed by atoms with Crippen molar-refractivity contribution in [2.75, 3.05) is 6.61 Å². The van der Waals surface area contributed by atoms with Gasteiger partial charge in [-0.3, -0.25) is 0 Å². The highest BCUT2D eigenvalue weighted by Gasteiger charge is 2.51. The quantitative estimate of drug-likeness (QED) is 0.756. The van der Waals surface area contributed by atoms with Gasteiger partial charge >= 0.3 is 12.4 Å². The van der Waals surface area contributed by atoms with Crippen LogP contribution in [-0.4, -0.2) is 24.1 Å². The summed E-state index contributed by atoms with van der Waals surface area (Å²) >= 11 is 0. The second-order valence-electron chi connectivity index (χ2n) is 4.56. The van der Waals surface area contributed by atoms with Gasteiger partial charge in [0.15, 0.2) is 0 Å². The van der Waals surface area contributed by atoms with Gasteiger partial charge in [0.05, 0.1) is 11.8 Å². The maximum absolute atomic E-state index is 12.5. The Morgan fingerprint density at radius 2 is 1.24 bits per heavy atom. The standard InChI is InChI=1S/C10H14F6O/c11-9(12,13)7-3-6(1-2-17)4-8(5-7)10(14,15)16/h6-8,17H,1-5H2. The summed E-state index contributed by atoms with van der Waals surface area (Å²) in [5, 5.41) is 8.63. The van der Waals surface area contributed by atoms with Crippen LogP contribution in [0.15, 0.2) is 0 Å². The van der Waals surface area contributed by atoms with Crippen molar-refractivity contribution in [3.8, 4) is 0 Å². The molecule has 2 unspecified atom stereocenters. The molecule has 0 aliphatic heterocycles. The predicted molar refractivity (Wildman–Crippen MR) is 48.1 cm³/mol. The molecule has 102 valence electrons. The summed E-state index contributed by atoms with van der Waals surface area (Å²) in [7, 11) is 0. The van der Waals surface area contributed by atoms with Gasteiger partial charge in [0, 0.05) is 6.61 Å². The van der Waals surface area contributed by atoms with Crippen molar-refractivity contribution in [3.63, 3.8) is 0 Å². The van der Waals surface area contributed by atoms with Crippen molar-refractivity contribution >= 4 is 0 Å². The Kier molecular flexibility index (Phi) is 4.33. The monoisotopic (exact) mass is 264 g/mol. The van der Waals surface area contributed by atoms with E-state index < -0.39 is 36.5 Å². The Morgan fingerprint density at radius 3 is 1.53 bits per heavy atom. The molecule has 0 saturated heterocycles. The van der Waals surface area contributed by atoms with Crippen LogP contribution in [0.4, 0.5) is 26.3 Å². The molecule has 0 aromatic heterocycles. The molecule has 0 aromatic rings. The van der Waals surface area contributed by atoms with Gasteiger partial charge in [0.1, 0.15) is 0 Å². The van der Waals surface area contributed by atoms with Crippen molar-refractivity contribution in [1.29, 1.82) is 0 Å². The first-order valence-electron chi connectivity index (χ1n) is 5.39. The van der Waals surface area contributed by atoms with E-state index in [1.54, 1.807) is 0 Å². The summed E-state index contributed by atoms with van der Waals surface area (Å²) in [6.45, 7) is -0.375. The molecule has 7 heteroatoms. The molecular formula is C10H14F6O. The fraction of sp³-hybridized carbons (Fsp3) is 1.00. The number of hydrogen-bond acceptors (Lipinski definition) is 1. The van der Waals surface area contributed by atoms with Gasteiger partial charge in [-0.25, -0.2) is 0 Å². The zero-order chi connectivity index (χ0) is 13.3. The fourth-order valence-corrected chi connectivity index (χ4v) is 2.39. The minimum Gasteiger partial charge on any atom is -0.396 e. The lowest BCUT2D eigenvalue weighted by Crippen LogP contribution is -2.38.